The molecule has 0 aliphatic heterocycles. The van der Waals surface area contributed by atoms with Crippen molar-refractivity contribution in [3.63, 3.8) is 0 Å². The van der Waals surface area contributed by atoms with Crippen molar-refractivity contribution in [3.8, 4) is 5.75 Å². The van der Waals surface area contributed by atoms with Gasteiger partial charge in [-0.2, -0.15) is 0 Å². The van der Waals surface area contributed by atoms with Gasteiger partial charge in [0.05, 0.1) is 7.11 Å². The number of hydrogen-bond acceptors (Lipinski definition) is 2. The maximum atomic E-state index is 12.2. The van der Waals surface area contributed by atoms with E-state index in [-0.39, 0.29) is 5.41 Å². The molecule has 0 bridgehead atoms. The Kier molecular flexibility index (Phi) is 4.12. The number of ether oxygens (including phenoxy) is 1. The molecule has 1 aromatic carbocycles. The van der Waals surface area contributed by atoms with Crippen molar-refractivity contribution < 1.29 is 9.53 Å². The van der Waals surface area contributed by atoms with Crippen molar-refractivity contribution in [3.05, 3.63) is 40.5 Å². The van der Waals surface area contributed by atoms with Crippen molar-refractivity contribution >= 4 is 5.78 Å². The standard InChI is InChI=1S/C20H26O2/c1-4-5-11-20-12-10-19(21)14(2)17(20)8-6-15-13-16(22-3)7-9-18(15)20/h7,9,13H,4-6,8,10-12H2,1-3H3. The highest BCUT2D eigenvalue weighted by Crippen LogP contribution is 2.52. The minimum Gasteiger partial charge on any atom is -0.497 e. The number of methoxy groups -OCH3 is 1. The molecule has 2 nitrogen and oxygen atoms in total. The van der Waals surface area contributed by atoms with Crippen LogP contribution >= 0.6 is 0 Å². The number of allylic oxidation sites excluding steroid dienone is 2. The van der Waals surface area contributed by atoms with Gasteiger partial charge < -0.3 is 4.74 Å². The summed E-state index contributed by atoms with van der Waals surface area (Å²) in [7, 11) is 1.73. The zero-order chi connectivity index (χ0) is 15.7. The van der Waals surface area contributed by atoms with E-state index in [0.717, 1.165) is 30.6 Å². The van der Waals surface area contributed by atoms with Crippen LogP contribution in [0.4, 0.5) is 0 Å². The van der Waals surface area contributed by atoms with E-state index >= 15 is 0 Å². The molecule has 0 saturated heterocycles. The van der Waals surface area contributed by atoms with Crippen LogP contribution in [0.3, 0.4) is 0 Å². The van der Waals surface area contributed by atoms with Gasteiger partial charge in [-0.1, -0.05) is 31.4 Å². The number of carbonyl (C=O) groups is 1. The normalized spacial score (nSPS) is 24.0. The second kappa shape index (κ2) is 5.91. The van der Waals surface area contributed by atoms with E-state index in [2.05, 4.69) is 25.1 Å². The van der Waals surface area contributed by atoms with Gasteiger partial charge in [-0.25, -0.2) is 0 Å². The smallest absolute Gasteiger partial charge is 0.158 e. The molecule has 0 amide bonds. The van der Waals surface area contributed by atoms with Gasteiger partial charge in [-0.3, -0.25) is 4.79 Å². The Bertz CT molecular complexity index is 627. The van der Waals surface area contributed by atoms with Gasteiger partial charge in [0, 0.05) is 11.8 Å². The van der Waals surface area contributed by atoms with E-state index in [1.807, 2.05) is 6.92 Å². The highest BCUT2D eigenvalue weighted by Gasteiger charge is 2.44. The Hall–Kier alpha value is -1.57. The summed E-state index contributed by atoms with van der Waals surface area (Å²) in [4.78, 5) is 12.2. The fourth-order valence-electron chi connectivity index (χ4n) is 4.44. The lowest BCUT2D eigenvalue weighted by molar-refractivity contribution is -0.116. The first-order valence-electron chi connectivity index (χ1n) is 8.53. The van der Waals surface area contributed by atoms with E-state index in [1.54, 1.807) is 7.11 Å². The number of fused-ring (bicyclic) bond motifs is 3. The van der Waals surface area contributed by atoms with Gasteiger partial charge in [0.1, 0.15) is 5.75 Å². The second-order valence-corrected chi connectivity index (χ2v) is 6.74. The van der Waals surface area contributed by atoms with Gasteiger partial charge >= 0.3 is 0 Å². The van der Waals surface area contributed by atoms with Crippen LogP contribution < -0.4 is 4.74 Å². The molecular formula is C20H26O2. The summed E-state index contributed by atoms with van der Waals surface area (Å²) in [6.45, 7) is 4.30. The van der Waals surface area contributed by atoms with E-state index in [4.69, 9.17) is 4.74 Å². The number of ketones is 1. The topological polar surface area (TPSA) is 26.3 Å². The number of unbranched alkanes of at least 4 members (excludes halogenated alkanes) is 1. The molecule has 0 fully saturated rings. The van der Waals surface area contributed by atoms with Gasteiger partial charge in [0.15, 0.2) is 5.78 Å². The van der Waals surface area contributed by atoms with Crippen molar-refractivity contribution in [1.29, 1.82) is 0 Å². The predicted octanol–water partition coefficient (Wildman–Crippen LogP) is 4.75. The molecule has 0 N–H and O–H groups in total. The molecule has 0 saturated carbocycles. The lowest BCUT2D eigenvalue weighted by Gasteiger charge is -2.45. The van der Waals surface area contributed by atoms with Gasteiger partial charge in [-0.15, -0.1) is 0 Å². The average molecular weight is 298 g/mol. The summed E-state index contributed by atoms with van der Waals surface area (Å²) in [6.07, 6.45) is 7.33. The van der Waals surface area contributed by atoms with E-state index in [9.17, 15) is 4.79 Å². The molecule has 1 unspecified atom stereocenters. The summed E-state index contributed by atoms with van der Waals surface area (Å²) in [6, 6.07) is 6.54. The molecule has 0 spiro atoms. The fraction of sp³-hybridized carbons (Fsp3) is 0.550. The predicted molar refractivity (Wildman–Crippen MR) is 89.5 cm³/mol. The summed E-state index contributed by atoms with van der Waals surface area (Å²) in [5, 5.41) is 0. The number of rotatable bonds is 4. The first-order valence-corrected chi connectivity index (χ1v) is 8.53. The maximum absolute atomic E-state index is 12.2. The Morgan fingerprint density at radius 2 is 2.05 bits per heavy atom. The SMILES string of the molecule is CCCCC12CCC(=O)C(C)=C1CCc1cc(OC)ccc12. The van der Waals surface area contributed by atoms with E-state index in [0.29, 0.717) is 12.2 Å². The van der Waals surface area contributed by atoms with Crippen LogP contribution in [0.1, 0.15) is 63.5 Å². The van der Waals surface area contributed by atoms with Crippen molar-refractivity contribution in [1.82, 2.24) is 0 Å². The van der Waals surface area contributed by atoms with Crippen LogP contribution in [0.5, 0.6) is 5.75 Å². The minimum atomic E-state index is 0.105. The second-order valence-electron chi connectivity index (χ2n) is 6.74. The molecule has 22 heavy (non-hydrogen) atoms. The van der Waals surface area contributed by atoms with Gasteiger partial charge in [0.25, 0.3) is 0 Å². The first-order chi connectivity index (χ1) is 10.6. The van der Waals surface area contributed by atoms with E-state index in [1.165, 1.54) is 36.0 Å². The molecule has 2 heteroatoms. The van der Waals surface area contributed by atoms with Crippen LogP contribution in [0.15, 0.2) is 29.3 Å². The lowest BCUT2D eigenvalue weighted by atomic mass is 9.58. The van der Waals surface area contributed by atoms with Crippen molar-refractivity contribution in [2.45, 2.75) is 64.2 Å². The number of hydrogen-bond donors (Lipinski definition) is 0. The third-order valence-electron chi connectivity index (χ3n) is 5.66. The zero-order valence-corrected chi connectivity index (χ0v) is 14.0. The summed E-state index contributed by atoms with van der Waals surface area (Å²) in [5.74, 6) is 1.31. The molecule has 2 aliphatic carbocycles. The number of benzene rings is 1. The molecule has 0 aromatic heterocycles. The summed E-state index contributed by atoms with van der Waals surface area (Å²) < 4.78 is 5.40. The average Bonchev–Trinajstić information content (AvgIpc) is 2.55. The van der Waals surface area contributed by atoms with Gasteiger partial charge in [-0.05, 0) is 61.4 Å². The van der Waals surface area contributed by atoms with Crippen LogP contribution in [-0.2, 0) is 16.6 Å². The quantitative estimate of drug-likeness (QED) is 0.802. The highest BCUT2D eigenvalue weighted by molar-refractivity contribution is 5.97. The van der Waals surface area contributed by atoms with Crippen LogP contribution in [0, 0.1) is 0 Å². The Labute approximate surface area is 133 Å². The molecule has 118 valence electrons. The number of Topliss-reactive ketones (excluding diaryl/α,β-unsaturated/α-hetero) is 1. The van der Waals surface area contributed by atoms with Crippen molar-refractivity contribution in [2.24, 2.45) is 0 Å². The Balaban J connectivity index is 2.15. The Morgan fingerprint density at radius 3 is 2.77 bits per heavy atom. The van der Waals surface area contributed by atoms with Crippen molar-refractivity contribution in [2.75, 3.05) is 7.11 Å². The summed E-state index contributed by atoms with van der Waals surface area (Å²) in [5.41, 5.74) is 5.45. The Morgan fingerprint density at radius 1 is 1.23 bits per heavy atom. The third-order valence-corrected chi connectivity index (χ3v) is 5.66. The highest BCUT2D eigenvalue weighted by atomic mass is 16.5. The zero-order valence-electron chi connectivity index (χ0n) is 14.0. The molecule has 1 aromatic rings. The molecule has 1 atom stereocenters. The largest absolute Gasteiger partial charge is 0.497 e. The monoisotopic (exact) mass is 298 g/mol. The minimum absolute atomic E-state index is 0.105. The van der Waals surface area contributed by atoms with Crippen LogP contribution in [0.2, 0.25) is 0 Å². The fourth-order valence-corrected chi connectivity index (χ4v) is 4.44. The lowest BCUT2D eigenvalue weighted by Crippen LogP contribution is -2.38. The van der Waals surface area contributed by atoms with E-state index < -0.39 is 0 Å². The summed E-state index contributed by atoms with van der Waals surface area (Å²) >= 11 is 0. The molecule has 0 radical (unpaired) electrons. The van der Waals surface area contributed by atoms with Crippen LogP contribution in [-0.4, -0.2) is 12.9 Å². The first kappa shape index (κ1) is 15.3. The number of aryl methyl sites for hydroxylation is 1. The molecule has 2 aliphatic rings. The molecule has 3 rings (SSSR count). The maximum Gasteiger partial charge on any atom is 0.158 e. The molecule has 0 heterocycles. The third kappa shape index (κ3) is 2.29. The van der Waals surface area contributed by atoms with Gasteiger partial charge in [0.2, 0.25) is 0 Å². The molecular weight excluding hydrogens is 272 g/mol. The van der Waals surface area contributed by atoms with Crippen LogP contribution in [0.25, 0.3) is 0 Å². The number of carbonyl (C=O) groups excluding carboxylic acids is 1.